The number of hydrogen-bond donors (Lipinski definition) is 2. The molecule has 1 saturated heterocycles. The van der Waals surface area contributed by atoms with Crippen molar-refractivity contribution in [3.05, 3.63) is 0 Å². The summed E-state index contributed by atoms with van der Waals surface area (Å²) in [7, 11) is 0. The molecule has 1 amide bonds. The van der Waals surface area contributed by atoms with Crippen LogP contribution in [0.4, 0.5) is 0 Å². The summed E-state index contributed by atoms with van der Waals surface area (Å²) in [5.41, 5.74) is 0. The minimum Gasteiger partial charge on any atom is -0.352 e. The zero-order valence-corrected chi connectivity index (χ0v) is 8.69. The summed E-state index contributed by atoms with van der Waals surface area (Å²) >= 11 is 1.77. The third-order valence-corrected chi connectivity index (χ3v) is 3.88. The van der Waals surface area contributed by atoms with Crippen molar-refractivity contribution in [1.29, 1.82) is 0 Å². The van der Waals surface area contributed by atoms with E-state index in [2.05, 4.69) is 17.6 Å². The van der Waals surface area contributed by atoms with Crippen LogP contribution in [0.15, 0.2) is 0 Å². The van der Waals surface area contributed by atoms with Crippen LogP contribution >= 0.6 is 11.8 Å². The standard InChI is InChI=1S/C9H16N2OS/c1-6-4-7(6)11-9(12)8-5-10-2-3-13-8/h6-8,10H,2-5H2,1H3,(H,11,12). The molecule has 1 saturated carbocycles. The van der Waals surface area contributed by atoms with Gasteiger partial charge < -0.3 is 10.6 Å². The van der Waals surface area contributed by atoms with E-state index in [-0.39, 0.29) is 11.2 Å². The first-order valence-electron chi connectivity index (χ1n) is 4.90. The summed E-state index contributed by atoms with van der Waals surface area (Å²) in [4.78, 5) is 11.6. The quantitative estimate of drug-likeness (QED) is 0.670. The molecule has 3 atom stereocenters. The molecule has 0 bridgehead atoms. The van der Waals surface area contributed by atoms with Gasteiger partial charge in [0.1, 0.15) is 0 Å². The predicted octanol–water partition coefficient (Wildman–Crippen LogP) is 0.216. The SMILES string of the molecule is CC1CC1NC(=O)C1CNCCS1. The average molecular weight is 200 g/mol. The lowest BCUT2D eigenvalue weighted by Gasteiger charge is -2.21. The second kappa shape index (κ2) is 3.88. The smallest absolute Gasteiger partial charge is 0.234 e. The first-order chi connectivity index (χ1) is 6.27. The lowest BCUT2D eigenvalue weighted by molar-refractivity contribution is -0.120. The molecule has 0 spiro atoms. The fourth-order valence-electron chi connectivity index (χ4n) is 1.53. The van der Waals surface area contributed by atoms with Crippen molar-refractivity contribution >= 4 is 17.7 Å². The van der Waals surface area contributed by atoms with Crippen LogP contribution in [0.25, 0.3) is 0 Å². The molecule has 0 radical (unpaired) electrons. The first kappa shape index (κ1) is 9.34. The Hall–Kier alpha value is -0.220. The molecule has 1 aliphatic carbocycles. The minimum absolute atomic E-state index is 0.140. The van der Waals surface area contributed by atoms with Gasteiger partial charge >= 0.3 is 0 Å². The van der Waals surface area contributed by atoms with Crippen LogP contribution in [0.1, 0.15) is 13.3 Å². The van der Waals surface area contributed by atoms with Crippen molar-refractivity contribution in [2.45, 2.75) is 24.6 Å². The van der Waals surface area contributed by atoms with Crippen molar-refractivity contribution in [3.63, 3.8) is 0 Å². The van der Waals surface area contributed by atoms with E-state index in [1.807, 2.05) is 0 Å². The van der Waals surface area contributed by atoms with Crippen LogP contribution in [0.5, 0.6) is 0 Å². The molecule has 0 aromatic rings. The maximum atomic E-state index is 11.6. The van der Waals surface area contributed by atoms with Crippen LogP contribution < -0.4 is 10.6 Å². The van der Waals surface area contributed by atoms with Crippen molar-refractivity contribution in [2.24, 2.45) is 5.92 Å². The molecule has 1 heterocycles. The van der Waals surface area contributed by atoms with Gasteiger partial charge in [0, 0.05) is 24.9 Å². The van der Waals surface area contributed by atoms with Crippen LogP contribution in [0.3, 0.4) is 0 Å². The minimum atomic E-state index is 0.140. The van der Waals surface area contributed by atoms with Gasteiger partial charge in [-0.3, -0.25) is 4.79 Å². The average Bonchev–Trinajstić information content (AvgIpc) is 2.83. The Morgan fingerprint density at radius 2 is 2.38 bits per heavy atom. The number of carbonyl (C=O) groups excluding carboxylic acids is 1. The lowest BCUT2D eigenvalue weighted by atomic mass is 10.3. The van der Waals surface area contributed by atoms with Crippen LogP contribution in [0, 0.1) is 5.92 Å². The molecule has 4 heteroatoms. The van der Waals surface area contributed by atoms with E-state index in [4.69, 9.17) is 0 Å². The van der Waals surface area contributed by atoms with Crippen LogP contribution in [-0.4, -0.2) is 36.0 Å². The largest absolute Gasteiger partial charge is 0.352 e. The maximum absolute atomic E-state index is 11.6. The molecule has 2 fully saturated rings. The highest BCUT2D eigenvalue weighted by Crippen LogP contribution is 2.29. The molecule has 2 rings (SSSR count). The fraction of sp³-hybridized carbons (Fsp3) is 0.889. The molecule has 3 unspecified atom stereocenters. The van der Waals surface area contributed by atoms with Gasteiger partial charge in [-0.25, -0.2) is 0 Å². The van der Waals surface area contributed by atoms with Gasteiger partial charge in [-0.05, 0) is 12.3 Å². The van der Waals surface area contributed by atoms with E-state index >= 15 is 0 Å². The summed E-state index contributed by atoms with van der Waals surface area (Å²) < 4.78 is 0. The number of amides is 1. The van der Waals surface area contributed by atoms with Gasteiger partial charge in [0.2, 0.25) is 5.91 Å². The molecular formula is C9H16N2OS. The normalized spacial score (nSPS) is 38.4. The van der Waals surface area contributed by atoms with Gasteiger partial charge in [0.25, 0.3) is 0 Å². The molecular weight excluding hydrogens is 184 g/mol. The molecule has 2 N–H and O–H groups in total. The highest BCUT2D eigenvalue weighted by molar-refractivity contribution is 8.00. The van der Waals surface area contributed by atoms with Crippen molar-refractivity contribution in [1.82, 2.24) is 10.6 Å². The summed E-state index contributed by atoms with van der Waals surface area (Å²) in [5, 5.41) is 6.45. The Kier molecular flexibility index (Phi) is 2.79. The van der Waals surface area contributed by atoms with Gasteiger partial charge in [-0.15, -0.1) is 11.8 Å². The van der Waals surface area contributed by atoms with E-state index in [1.165, 1.54) is 0 Å². The van der Waals surface area contributed by atoms with Crippen LogP contribution in [0.2, 0.25) is 0 Å². The summed E-state index contributed by atoms with van der Waals surface area (Å²) in [6.07, 6.45) is 1.16. The Labute approximate surface area is 83.0 Å². The second-order valence-corrected chi connectivity index (χ2v) is 5.20. The number of nitrogens with one attached hydrogen (secondary N) is 2. The van der Waals surface area contributed by atoms with Gasteiger partial charge in [-0.1, -0.05) is 6.92 Å². The Morgan fingerprint density at radius 1 is 1.62 bits per heavy atom. The zero-order chi connectivity index (χ0) is 9.26. The summed E-state index contributed by atoms with van der Waals surface area (Å²) in [5.74, 6) is 1.98. The first-order valence-corrected chi connectivity index (χ1v) is 5.95. The maximum Gasteiger partial charge on any atom is 0.234 e. The third kappa shape index (κ3) is 2.38. The number of rotatable bonds is 2. The van der Waals surface area contributed by atoms with Crippen molar-refractivity contribution < 1.29 is 4.79 Å². The number of carbonyl (C=O) groups is 1. The van der Waals surface area contributed by atoms with Gasteiger partial charge in [0.15, 0.2) is 0 Å². The molecule has 1 aliphatic heterocycles. The molecule has 74 valence electrons. The molecule has 3 nitrogen and oxygen atoms in total. The van der Waals surface area contributed by atoms with Crippen molar-refractivity contribution in [2.75, 3.05) is 18.8 Å². The molecule has 13 heavy (non-hydrogen) atoms. The van der Waals surface area contributed by atoms with Crippen LogP contribution in [-0.2, 0) is 4.79 Å². The topological polar surface area (TPSA) is 41.1 Å². The van der Waals surface area contributed by atoms with E-state index in [0.29, 0.717) is 12.0 Å². The summed E-state index contributed by atoms with van der Waals surface area (Å²) in [6, 6.07) is 0.468. The third-order valence-electron chi connectivity index (χ3n) is 2.66. The van der Waals surface area contributed by atoms with E-state index in [0.717, 1.165) is 25.3 Å². The Morgan fingerprint density at radius 3 is 2.92 bits per heavy atom. The van der Waals surface area contributed by atoms with E-state index in [9.17, 15) is 4.79 Å². The highest BCUT2D eigenvalue weighted by Gasteiger charge is 2.35. The van der Waals surface area contributed by atoms with Gasteiger partial charge in [-0.2, -0.15) is 0 Å². The lowest BCUT2D eigenvalue weighted by Crippen LogP contribution is -2.44. The highest BCUT2D eigenvalue weighted by atomic mass is 32.2. The Bertz CT molecular complexity index is 204. The zero-order valence-electron chi connectivity index (χ0n) is 7.88. The van der Waals surface area contributed by atoms with E-state index in [1.54, 1.807) is 11.8 Å². The fourth-order valence-corrected chi connectivity index (χ4v) is 2.53. The molecule has 0 aromatic heterocycles. The predicted molar refractivity (Wildman–Crippen MR) is 54.8 cm³/mol. The molecule has 0 aromatic carbocycles. The summed E-state index contributed by atoms with van der Waals surface area (Å²) in [6.45, 7) is 4.04. The van der Waals surface area contributed by atoms with Crippen molar-refractivity contribution in [3.8, 4) is 0 Å². The monoisotopic (exact) mass is 200 g/mol. The van der Waals surface area contributed by atoms with Gasteiger partial charge in [0.05, 0.1) is 5.25 Å². The number of hydrogen-bond acceptors (Lipinski definition) is 3. The van der Waals surface area contributed by atoms with E-state index < -0.39 is 0 Å². The second-order valence-electron chi connectivity index (χ2n) is 3.89. The number of thioether (sulfide) groups is 1. The Balaban J connectivity index is 1.75. The molecule has 2 aliphatic rings.